The maximum Gasteiger partial charge on any atom is 0.338 e. The van der Waals surface area contributed by atoms with Crippen LogP contribution in [-0.4, -0.2) is 43.0 Å². The molecule has 8 nitrogen and oxygen atoms in total. The van der Waals surface area contributed by atoms with E-state index >= 15 is 0 Å². The van der Waals surface area contributed by atoms with Gasteiger partial charge < -0.3 is 20.1 Å². The molecule has 0 saturated heterocycles. The second kappa shape index (κ2) is 10.8. The predicted molar refractivity (Wildman–Crippen MR) is 110 cm³/mol. The molecule has 0 aromatic heterocycles. The van der Waals surface area contributed by atoms with E-state index in [0.29, 0.717) is 16.8 Å². The summed E-state index contributed by atoms with van der Waals surface area (Å²) in [5.74, 6) is -2.14. The Balaban J connectivity index is 1.80. The normalized spacial score (nSPS) is 11.2. The van der Waals surface area contributed by atoms with Crippen molar-refractivity contribution in [2.75, 3.05) is 18.5 Å². The molecule has 30 heavy (non-hydrogen) atoms. The number of carbonyl (C=O) groups excluding carboxylic acids is 4. The van der Waals surface area contributed by atoms with E-state index in [4.69, 9.17) is 9.47 Å². The minimum absolute atomic E-state index is 0.270. The molecule has 158 valence electrons. The van der Waals surface area contributed by atoms with Crippen LogP contribution in [0, 0.1) is 6.92 Å². The average Bonchev–Trinajstić information content (AvgIpc) is 2.72. The van der Waals surface area contributed by atoms with Crippen molar-refractivity contribution >= 4 is 29.4 Å². The summed E-state index contributed by atoms with van der Waals surface area (Å²) >= 11 is 0. The first-order valence-electron chi connectivity index (χ1n) is 9.41. The molecular weight excluding hydrogens is 388 g/mol. The molecule has 0 saturated carbocycles. The number of amides is 2. The Labute approximate surface area is 174 Å². The van der Waals surface area contributed by atoms with Gasteiger partial charge in [0.1, 0.15) is 6.04 Å². The molecule has 2 amide bonds. The Morgan fingerprint density at radius 1 is 0.967 bits per heavy atom. The summed E-state index contributed by atoms with van der Waals surface area (Å²) in [5, 5.41) is 5.09. The van der Waals surface area contributed by atoms with Gasteiger partial charge in [-0.1, -0.05) is 17.7 Å². The zero-order valence-corrected chi connectivity index (χ0v) is 17.1. The molecule has 8 heteroatoms. The lowest BCUT2D eigenvalue weighted by Crippen LogP contribution is -2.40. The number of rotatable bonds is 8. The quantitative estimate of drug-likeness (QED) is 0.645. The molecule has 0 spiro atoms. The topological polar surface area (TPSA) is 111 Å². The number of carbonyl (C=O) groups is 4. The van der Waals surface area contributed by atoms with Gasteiger partial charge in [0.2, 0.25) is 0 Å². The standard InChI is InChI=1S/C22H24N2O6/c1-4-29-22(28)16-8-10-18(11-9-16)24-19(25)13-30-21(27)15(3)23-20(26)17-7-5-6-14(2)12-17/h5-12,15H,4,13H2,1-3H3,(H,23,26)(H,24,25)/t15-/m0/s1. The van der Waals surface area contributed by atoms with Gasteiger partial charge in [-0.05, 0) is 57.2 Å². The number of benzene rings is 2. The zero-order chi connectivity index (χ0) is 22.1. The molecule has 0 radical (unpaired) electrons. The number of nitrogens with one attached hydrogen (secondary N) is 2. The first kappa shape index (κ1) is 22.6. The Morgan fingerprint density at radius 2 is 1.67 bits per heavy atom. The van der Waals surface area contributed by atoms with E-state index in [0.717, 1.165) is 5.56 Å². The number of esters is 2. The van der Waals surface area contributed by atoms with Gasteiger partial charge in [-0.2, -0.15) is 0 Å². The van der Waals surface area contributed by atoms with Crippen LogP contribution >= 0.6 is 0 Å². The first-order chi connectivity index (χ1) is 14.3. The molecule has 0 aliphatic carbocycles. The van der Waals surface area contributed by atoms with Crippen LogP contribution in [0.2, 0.25) is 0 Å². The lowest BCUT2D eigenvalue weighted by molar-refractivity contribution is -0.148. The van der Waals surface area contributed by atoms with Crippen LogP contribution in [0.4, 0.5) is 5.69 Å². The molecule has 0 bridgehead atoms. The van der Waals surface area contributed by atoms with Crippen LogP contribution < -0.4 is 10.6 Å². The summed E-state index contributed by atoms with van der Waals surface area (Å²) in [6.45, 7) is 4.80. The van der Waals surface area contributed by atoms with Crippen molar-refractivity contribution in [3.8, 4) is 0 Å². The van der Waals surface area contributed by atoms with E-state index in [1.165, 1.54) is 31.2 Å². The Morgan fingerprint density at radius 3 is 2.30 bits per heavy atom. The molecule has 2 rings (SSSR count). The van der Waals surface area contributed by atoms with Gasteiger partial charge in [-0.25, -0.2) is 9.59 Å². The van der Waals surface area contributed by atoms with Gasteiger partial charge in [0, 0.05) is 11.3 Å². The minimum Gasteiger partial charge on any atom is -0.462 e. The Bertz CT molecular complexity index is 923. The van der Waals surface area contributed by atoms with Gasteiger partial charge in [0.15, 0.2) is 6.61 Å². The van der Waals surface area contributed by atoms with Crippen molar-refractivity contribution in [2.45, 2.75) is 26.8 Å². The van der Waals surface area contributed by atoms with E-state index in [-0.39, 0.29) is 6.61 Å². The molecule has 0 unspecified atom stereocenters. The fraction of sp³-hybridized carbons (Fsp3) is 0.273. The lowest BCUT2D eigenvalue weighted by Gasteiger charge is -2.14. The van der Waals surface area contributed by atoms with Crippen molar-refractivity contribution < 1.29 is 28.7 Å². The number of aryl methyl sites for hydroxylation is 1. The van der Waals surface area contributed by atoms with Crippen LogP contribution in [0.15, 0.2) is 48.5 Å². The van der Waals surface area contributed by atoms with Crippen LogP contribution in [0.25, 0.3) is 0 Å². The highest BCUT2D eigenvalue weighted by molar-refractivity contribution is 5.97. The molecule has 0 aliphatic heterocycles. The summed E-state index contributed by atoms with van der Waals surface area (Å²) in [6.07, 6.45) is 0. The Hall–Kier alpha value is -3.68. The van der Waals surface area contributed by atoms with Crippen LogP contribution in [0.5, 0.6) is 0 Å². The van der Waals surface area contributed by atoms with Crippen molar-refractivity contribution in [1.29, 1.82) is 0 Å². The van der Waals surface area contributed by atoms with Crippen LogP contribution in [-0.2, 0) is 19.1 Å². The number of hydrogen-bond donors (Lipinski definition) is 2. The monoisotopic (exact) mass is 412 g/mol. The lowest BCUT2D eigenvalue weighted by atomic mass is 10.1. The summed E-state index contributed by atoms with van der Waals surface area (Å²) in [4.78, 5) is 47.8. The smallest absolute Gasteiger partial charge is 0.338 e. The van der Waals surface area contributed by atoms with Crippen molar-refractivity contribution in [2.24, 2.45) is 0 Å². The maximum atomic E-state index is 12.2. The minimum atomic E-state index is -0.922. The van der Waals surface area contributed by atoms with E-state index in [1.54, 1.807) is 25.1 Å². The van der Waals surface area contributed by atoms with Crippen LogP contribution in [0.3, 0.4) is 0 Å². The molecule has 0 aliphatic rings. The van der Waals surface area contributed by atoms with Crippen molar-refractivity contribution in [3.05, 3.63) is 65.2 Å². The third-order valence-electron chi connectivity index (χ3n) is 4.01. The average molecular weight is 412 g/mol. The summed E-state index contributed by atoms with van der Waals surface area (Å²) in [5.41, 5.74) is 2.15. The first-order valence-corrected chi connectivity index (χ1v) is 9.41. The molecule has 2 aromatic rings. The van der Waals surface area contributed by atoms with Gasteiger partial charge in [-0.3, -0.25) is 9.59 Å². The number of anilines is 1. The fourth-order valence-corrected chi connectivity index (χ4v) is 2.49. The van der Waals surface area contributed by atoms with Crippen molar-refractivity contribution in [3.63, 3.8) is 0 Å². The molecule has 0 heterocycles. The fourth-order valence-electron chi connectivity index (χ4n) is 2.49. The summed E-state index contributed by atoms with van der Waals surface area (Å²) < 4.78 is 9.84. The molecule has 1 atom stereocenters. The highest BCUT2D eigenvalue weighted by Gasteiger charge is 2.19. The molecule has 2 aromatic carbocycles. The molecule has 2 N–H and O–H groups in total. The summed E-state index contributed by atoms with van der Waals surface area (Å²) in [7, 11) is 0. The van der Waals surface area contributed by atoms with E-state index in [2.05, 4.69) is 10.6 Å². The van der Waals surface area contributed by atoms with Gasteiger partial charge in [-0.15, -0.1) is 0 Å². The second-order valence-electron chi connectivity index (χ2n) is 6.52. The van der Waals surface area contributed by atoms with Gasteiger partial charge in [0.25, 0.3) is 11.8 Å². The highest BCUT2D eigenvalue weighted by atomic mass is 16.5. The van der Waals surface area contributed by atoms with Gasteiger partial charge >= 0.3 is 11.9 Å². The second-order valence-corrected chi connectivity index (χ2v) is 6.52. The SMILES string of the molecule is CCOC(=O)c1ccc(NC(=O)COC(=O)[C@H](C)NC(=O)c2cccc(C)c2)cc1. The largest absolute Gasteiger partial charge is 0.462 e. The van der Waals surface area contributed by atoms with E-state index < -0.39 is 36.4 Å². The van der Waals surface area contributed by atoms with Crippen LogP contribution in [0.1, 0.15) is 40.1 Å². The molecule has 0 fully saturated rings. The predicted octanol–water partition coefficient (Wildman–Crippen LogP) is 2.47. The summed E-state index contributed by atoms with van der Waals surface area (Å²) in [6, 6.07) is 12.1. The number of ether oxygens (including phenoxy) is 2. The van der Waals surface area contributed by atoms with Gasteiger partial charge in [0.05, 0.1) is 12.2 Å². The van der Waals surface area contributed by atoms with Crippen molar-refractivity contribution in [1.82, 2.24) is 5.32 Å². The maximum absolute atomic E-state index is 12.2. The third kappa shape index (κ3) is 6.73. The third-order valence-corrected chi connectivity index (χ3v) is 4.01. The Kier molecular flexibility index (Phi) is 8.10. The van der Waals surface area contributed by atoms with E-state index in [1.807, 2.05) is 13.0 Å². The highest BCUT2D eigenvalue weighted by Crippen LogP contribution is 2.11. The molecular formula is C22H24N2O6. The zero-order valence-electron chi connectivity index (χ0n) is 17.1. The number of hydrogen-bond acceptors (Lipinski definition) is 6. The van der Waals surface area contributed by atoms with E-state index in [9.17, 15) is 19.2 Å².